The molecule has 186 valence electrons. The van der Waals surface area contributed by atoms with Gasteiger partial charge >= 0.3 is 11.7 Å². The second-order valence-corrected chi connectivity index (χ2v) is 9.40. The van der Waals surface area contributed by atoms with E-state index < -0.39 is 17.3 Å². The van der Waals surface area contributed by atoms with Crippen LogP contribution < -0.4 is 11.7 Å². The van der Waals surface area contributed by atoms with Gasteiger partial charge in [0.25, 0.3) is 0 Å². The van der Waals surface area contributed by atoms with Gasteiger partial charge in [0.15, 0.2) is 5.58 Å². The molecule has 0 radical (unpaired) electrons. The van der Waals surface area contributed by atoms with Crippen molar-refractivity contribution in [2.75, 3.05) is 0 Å². The van der Waals surface area contributed by atoms with Crippen LogP contribution in [0.5, 0.6) is 0 Å². The van der Waals surface area contributed by atoms with Crippen LogP contribution in [0.1, 0.15) is 55.4 Å². The van der Waals surface area contributed by atoms with E-state index in [0.29, 0.717) is 23.4 Å². The van der Waals surface area contributed by atoms with Crippen molar-refractivity contribution < 1.29 is 18.8 Å². The summed E-state index contributed by atoms with van der Waals surface area (Å²) in [6.45, 7) is 7.38. The molecule has 4 aromatic rings. The Hall–Kier alpha value is -4.24. The third-order valence-electron chi connectivity index (χ3n) is 5.38. The number of fused-ring (bicyclic) bond motifs is 1. The number of oxazole rings is 1. The molecule has 36 heavy (non-hydrogen) atoms. The zero-order valence-corrected chi connectivity index (χ0v) is 20.6. The molecule has 0 aliphatic heterocycles. The van der Waals surface area contributed by atoms with Crippen LogP contribution in [0.3, 0.4) is 0 Å². The Balaban J connectivity index is 1.54. The van der Waals surface area contributed by atoms with Crippen LogP contribution in [0.25, 0.3) is 22.2 Å². The fourth-order valence-electron chi connectivity index (χ4n) is 3.72. The SMILES string of the molecule is CC(N=C(Cc1ccc2oc(=O)[nH]c2c1)ON)c1cccc(-c2ccnc(C(=O)OC(C)(C)C)c2)c1. The molecule has 2 aromatic carbocycles. The molecule has 2 heterocycles. The Bertz CT molecular complexity index is 1480. The first-order valence-electron chi connectivity index (χ1n) is 11.5. The normalized spacial score (nSPS) is 13.0. The van der Waals surface area contributed by atoms with Crippen molar-refractivity contribution in [3.05, 3.63) is 88.2 Å². The van der Waals surface area contributed by atoms with Gasteiger partial charge in [-0.05, 0) is 80.3 Å². The number of benzene rings is 2. The fraction of sp³-hybridized carbons (Fsp3) is 0.259. The van der Waals surface area contributed by atoms with Gasteiger partial charge in [0.05, 0.1) is 18.0 Å². The van der Waals surface area contributed by atoms with Gasteiger partial charge in [-0.25, -0.2) is 19.6 Å². The number of H-pyrrole nitrogens is 1. The lowest BCUT2D eigenvalue weighted by molar-refractivity contribution is 0.00628. The van der Waals surface area contributed by atoms with E-state index in [4.69, 9.17) is 19.9 Å². The van der Waals surface area contributed by atoms with Crippen molar-refractivity contribution in [1.29, 1.82) is 0 Å². The minimum atomic E-state index is -0.605. The van der Waals surface area contributed by atoms with Gasteiger partial charge in [-0.1, -0.05) is 24.3 Å². The second kappa shape index (κ2) is 10.2. The van der Waals surface area contributed by atoms with Gasteiger partial charge in [0.1, 0.15) is 11.3 Å². The summed E-state index contributed by atoms with van der Waals surface area (Å²) in [5.74, 6) is 4.88. The molecule has 9 heteroatoms. The first kappa shape index (κ1) is 24.9. The number of carbonyl (C=O) groups excluding carboxylic acids is 1. The number of rotatable bonds is 6. The van der Waals surface area contributed by atoms with Crippen LogP contribution in [0.2, 0.25) is 0 Å². The predicted molar refractivity (Wildman–Crippen MR) is 137 cm³/mol. The van der Waals surface area contributed by atoms with Crippen molar-refractivity contribution in [3.8, 4) is 11.1 Å². The van der Waals surface area contributed by atoms with Gasteiger partial charge in [0.2, 0.25) is 5.90 Å². The number of esters is 1. The van der Waals surface area contributed by atoms with E-state index in [1.54, 1.807) is 24.4 Å². The van der Waals surface area contributed by atoms with Crippen LogP contribution >= 0.6 is 0 Å². The summed E-state index contributed by atoms with van der Waals surface area (Å²) in [5, 5.41) is 0. The van der Waals surface area contributed by atoms with Gasteiger partial charge in [-0.2, -0.15) is 5.90 Å². The number of nitrogens with one attached hydrogen (secondary N) is 1. The van der Waals surface area contributed by atoms with Crippen LogP contribution in [0, 0.1) is 0 Å². The quantitative estimate of drug-likeness (QED) is 0.173. The molecule has 0 amide bonds. The van der Waals surface area contributed by atoms with Crippen molar-refractivity contribution in [3.63, 3.8) is 0 Å². The molecule has 0 saturated carbocycles. The highest BCUT2D eigenvalue weighted by Gasteiger charge is 2.19. The largest absolute Gasteiger partial charge is 0.455 e. The van der Waals surface area contributed by atoms with Gasteiger partial charge in [0, 0.05) is 6.20 Å². The number of pyridine rings is 1. The Kier molecular flexibility index (Phi) is 7.03. The zero-order chi connectivity index (χ0) is 25.9. The third kappa shape index (κ3) is 6.05. The number of ether oxygens (including phenoxy) is 1. The molecule has 2 aromatic heterocycles. The van der Waals surface area contributed by atoms with E-state index in [1.807, 2.05) is 64.1 Å². The Morgan fingerprint density at radius 1 is 1.14 bits per heavy atom. The maximum absolute atomic E-state index is 12.4. The number of hydrogen-bond donors (Lipinski definition) is 2. The third-order valence-corrected chi connectivity index (χ3v) is 5.38. The van der Waals surface area contributed by atoms with Gasteiger partial charge < -0.3 is 14.0 Å². The van der Waals surface area contributed by atoms with Crippen molar-refractivity contribution in [2.24, 2.45) is 10.9 Å². The van der Waals surface area contributed by atoms with Gasteiger partial charge in [-0.3, -0.25) is 4.98 Å². The predicted octanol–water partition coefficient (Wildman–Crippen LogP) is 4.73. The van der Waals surface area contributed by atoms with Crippen LogP contribution in [-0.2, 0) is 16.0 Å². The summed E-state index contributed by atoms with van der Waals surface area (Å²) >= 11 is 0. The lowest BCUT2D eigenvalue weighted by Gasteiger charge is -2.19. The maximum atomic E-state index is 12.4. The summed E-state index contributed by atoms with van der Waals surface area (Å²) in [5.41, 5.74) is 4.25. The average molecular weight is 489 g/mol. The number of carbonyl (C=O) groups is 1. The number of aromatic nitrogens is 2. The van der Waals surface area contributed by atoms with E-state index in [2.05, 4.69) is 15.0 Å². The standard InChI is InChI=1S/C27H28N4O5/c1-16(30-24(36-28)13-17-8-9-23-21(12-17)31-26(33)34-23)18-6-5-7-19(14-18)20-10-11-29-22(15-20)25(32)35-27(2,3)4/h5-12,14-16H,13,28H2,1-4H3,(H,31,33). The zero-order valence-electron chi connectivity index (χ0n) is 20.6. The number of aliphatic imine (C=N–C) groups is 1. The van der Waals surface area contributed by atoms with E-state index in [0.717, 1.165) is 22.3 Å². The first-order chi connectivity index (χ1) is 17.1. The monoisotopic (exact) mass is 488 g/mol. The molecule has 0 aliphatic rings. The van der Waals surface area contributed by atoms with E-state index >= 15 is 0 Å². The van der Waals surface area contributed by atoms with Crippen LogP contribution in [0.4, 0.5) is 0 Å². The topological polar surface area (TPSA) is 133 Å². The molecule has 9 nitrogen and oxygen atoms in total. The van der Waals surface area contributed by atoms with E-state index in [1.165, 1.54) is 0 Å². The highest BCUT2D eigenvalue weighted by atomic mass is 16.6. The second-order valence-electron chi connectivity index (χ2n) is 9.40. The minimum Gasteiger partial charge on any atom is -0.455 e. The van der Waals surface area contributed by atoms with E-state index in [9.17, 15) is 9.59 Å². The Labute approximate surface area is 207 Å². The lowest BCUT2D eigenvalue weighted by atomic mass is 10.0. The van der Waals surface area contributed by atoms with Crippen molar-refractivity contribution in [2.45, 2.75) is 45.8 Å². The summed E-state index contributed by atoms with van der Waals surface area (Å²) in [6.07, 6.45) is 1.93. The Morgan fingerprint density at radius 3 is 2.67 bits per heavy atom. The Morgan fingerprint density at radius 2 is 1.92 bits per heavy atom. The molecular weight excluding hydrogens is 460 g/mol. The summed E-state index contributed by atoms with van der Waals surface area (Å²) in [4.78, 5) is 40.4. The molecule has 0 aliphatic carbocycles. The van der Waals surface area contributed by atoms with Crippen molar-refractivity contribution >= 4 is 23.0 Å². The highest BCUT2D eigenvalue weighted by Crippen LogP contribution is 2.26. The van der Waals surface area contributed by atoms with E-state index in [-0.39, 0.29) is 11.7 Å². The van der Waals surface area contributed by atoms with Crippen molar-refractivity contribution in [1.82, 2.24) is 9.97 Å². The molecule has 0 bridgehead atoms. The molecule has 1 atom stereocenters. The summed E-state index contributed by atoms with van der Waals surface area (Å²) in [6, 6.07) is 16.5. The molecule has 1 unspecified atom stereocenters. The number of hydrogen-bond acceptors (Lipinski definition) is 8. The van der Waals surface area contributed by atoms with Crippen LogP contribution in [0.15, 0.2) is 75.0 Å². The summed E-state index contributed by atoms with van der Waals surface area (Å²) in [7, 11) is 0. The number of nitrogens with zero attached hydrogens (tertiary/aromatic N) is 2. The maximum Gasteiger partial charge on any atom is 0.417 e. The molecule has 0 spiro atoms. The lowest BCUT2D eigenvalue weighted by Crippen LogP contribution is -2.24. The first-order valence-corrected chi connectivity index (χ1v) is 11.5. The van der Waals surface area contributed by atoms with Gasteiger partial charge in [-0.15, -0.1) is 0 Å². The molecular formula is C27H28N4O5. The smallest absolute Gasteiger partial charge is 0.417 e. The summed E-state index contributed by atoms with van der Waals surface area (Å²) < 4.78 is 10.5. The number of nitrogens with two attached hydrogens (primary N) is 1. The average Bonchev–Trinajstić information content (AvgIpc) is 3.22. The highest BCUT2D eigenvalue weighted by molar-refractivity contribution is 5.89. The minimum absolute atomic E-state index is 0.244. The molecule has 0 saturated heterocycles. The molecule has 4 rings (SSSR count). The van der Waals surface area contributed by atoms with Crippen LogP contribution in [-0.4, -0.2) is 27.4 Å². The molecule has 3 N–H and O–H groups in total. The fourth-order valence-corrected chi connectivity index (χ4v) is 3.72. The number of aromatic amines is 1. The molecule has 0 fully saturated rings.